The quantitative estimate of drug-likeness (QED) is 0.693. The van der Waals surface area contributed by atoms with Crippen molar-refractivity contribution in [2.24, 2.45) is 5.92 Å². The zero-order valence-electron chi connectivity index (χ0n) is 9.45. The lowest BCUT2D eigenvalue weighted by Crippen LogP contribution is -2.27. The molecule has 2 bridgehead atoms. The summed E-state index contributed by atoms with van der Waals surface area (Å²) in [6.45, 7) is 0. The first-order valence-corrected chi connectivity index (χ1v) is 6.37. The van der Waals surface area contributed by atoms with Crippen LogP contribution in [0.5, 0.6) is 0 Å². The third-order valence-electron chi connectivity index (χ3n) is 4.25. The highest BCUT2D eigenvalue weighted by Gasteiger charge is 2.49. The van der Waals surface area contributed by atoms with Crippen LogP contribution in [-0.4, -0.2) is 23.3 Å². The summed E-state index contributed by atoms with van der Waals surface area (Å²) in [4.78, 5) is 11.1. The Kier molecular flexibility index (Phi) is 2.51. The summed E-state index contributed by atoms with van der Waals surface area (Å²) in [5.74, 6) is -0.954. The zero-order valence-corrected chi connectivity index (χ0v) is 9.45. The third kappa shape index (κ3) is 1.49. The van der Waals surface area contributed by atoms with E-state index in [1.807, 2.05) is 0 Å². The molecule has 3 nitrogen and oxygen atoms in total. The minimum absolute atomic E-state index is 0.0874. The van der Waals surface area contributed by atoms with E-state index in [4.69, 9.17) is 9.84 Å². The summed E-state index contributed by atoms with van der Waals surface area (Å²) in [6.07, 6.45) is 8.03. The lowest BCUT2D eigenvalue weighted by Gasteiger charge is -2.23. The molecular weight excluding hydrogens is 204 g/mol. The van der Waals surface area contributed by atoms with Gasteiger partial charge in [0, 0.05) is 0 Å². The highest BCUT2D eigenvalue weighted by molar-refractivity contribution is 5.73. The van der Waals surface area contributed by atoms with Crippen molar-refractivity contribution in [3.63, 3.8) is 0 Å². The fraction of sp³-hybridized carbons (Fsp3) is 0.769. The van der Waals surface area contributed by atoms with Gasteiger partial charge in [0.05, 0.1) is 18.1 Å². The molecule has 0 aromatic heterocycles. The van der Waals surface area contributed by atoms with Crippen LogP contribution in [-0.2, 0) is 9.53 Å². The van der Waals surface area contributed by atoms with Gasteiger partial charge in [0.2, 0.25) is 0 Å². The Labute approximate surface area is 95.5 Å². The number of carboxylic acids is 1. The highest BCUT2D eigenvalue weighted by Crippen LogP contribution is 2.47. The molecule has 2 aliphatic heterocycles. The van der Waals surface area contributed by atoms with Gasteiger partial charge in [-0.05, 0) is 43.3 Å². The molecule has 88 valence electrons. The van der Waals surface area contributed by atoms with Gasteiger partial charge in [-0.25, -0.2) is 0 Å². The van der Waals surface area contributed by atoms with Gasteiger partial charge < -0.3 is 9.84 Å². The summed E-state index contributed by atoms with van der Waals surface area (Å²) in [6, 6.07) is 0. The van der Waals surface area contributed by atoms with Crippen LogP contribution in [0.25, 0.3) is 0 Å². The molecule has 1 N–H and O–H groups in total. The van der Waals surface area contributed by atoms with Gasteiger partial charge >= 0.3 is 5.97 Å². The molecule has 1 fully saturated rings. The molecule has 0 aromatic rings. The van der Waals surface area contributed by atoms with Gasteiger partial charge in [-0.15, -0.1) is 0 Å². The maximum atomic E-state index is 11.1. The van der Waals surface area contributed by atoms with Crippen molar-refractivity contribution < 1.29 is 14.6 Å². The highest BCUT2D eigenvalue weighted by atomic mass is 16.5. The Balaban J connectivity index is 1.87. The topological polar surface area (TPSA) is 46.5 Å². The summed E-state index contributed by atoms with van der Waals surface area (Å²) >= 11 is 0. The molecule has 0 radical (unpaired) electrons. The van der Waals surface area contributed by atoms with Crippen LogP contribution in [0.1, 0.15) is 44.9 Å². The van der Waals surface area contributed by atoms with Crippen molar-refractivity contribution in [3.05, 3.63) is 11.1 Å². The minimum Gasteiger partial charge on any atom is -0.481 e. The monoisotopic (exact) mass is 222 g/mol. The summed E-state index contributed by atoms with van der Waals surface area (Å²) in [7, 11) is 0. The van der Waals surface area contributed by atoms with E-state index in [2.05, 4.69) is 0 Å². The SMILES string of the molecule is O=C(O)[C@H]1C[C@@H]2O[C@H]1C1=C2CCCCCC1. The number of ether oxygens (including phenoxy) is 1. The van der Waals surface area contributed by atoms with E-state index in [1.54, 1.807) is 0 Å². The van der Waals surface area contributed by atoms with Gasteiger partial charge in [-0.2, -0.15) is 0 Å². The fourth-order valence-electron chi connectivity index (χ4n) is 3.46. The Morgan fingerprint density at radius 1 is 1.12 bits per heavy atom. The van der Waals surface area contributed by atoms with Crippen molar-refractivity contribution in [1.82, 2.24) is 0 Å². The first-order chi connectivity index (χ1) is 7.77. The molecule has 3 aliphatic rings. The van der Waals surface area contributed by atoms with Gasteiger partial charge in [0.25, 0.3) is 0 Å². The summed E-state index contributed by atoms with van der Waals surface area (Å²) in [5.41, 5.74) is 2.81. The molecule has 0 saturated carbocycles. The second-order valence-electron chi connectivity index (χ2n) is 5.19. The second kappa shape index (κ2) is 3.88. The number of carboxylic acid groups (broad SMARTS) is 1. The number of hydrogen-bond donors (Lipinski definition) is 1. The second-order valence-corrected chi connectivity index (χ2v) is 5.19. The van der Waals surface area contributed by atoms with Crippen molar-refractivity contribution in [3.8, 4) is 0 Å². The van der Waals surface area contributed by atoms with Crippen molar-refractivity contribution in [1.29, 1.82) is 0 Å². The molecule has 1 aliphatic carbocycles. The zero-order chi connectivity index (χ0) is 11.1. The first-order valence-electron chi connectivity index (χ1n) is 6.37. The Morgan fingerprint density at radius 2 is 1.81 bits per heavy atom. The van der Waals surface area contributed by atoms with Crippen LogP contribution in [0, 0.1) is 5.92 Å². The van der Waals surface area contributed by atoms with Gasteiger partial charge in [0.15, 0.2) is 0 Å². The van der Waals surface area contributed by atoms with E-state index in [-0.39, 0.29) is 18.1 Å². The minimum atomic E-state index is -0.680. The normalized spacial score (nSPS) is 38.1. The largest absolute Gasteiger partial charge is 0.481 e. The van der Waals surface area contributed by atoms with Crippen molar-refractivity contribution in [2.75, 3.05) is 0 Å². The van der Waals surface area contributed by atoms with Gasteiger partial charge in [0.1, 0.15) is 0 Å². The van der Waals surface area contributed by atoms with Crippen LogP contribution in [0.2, 0.25) is 0 Å². The lowest BCUT2D eigenvalue weighted by atomic mass is 9.79. The average molecular weight is 222 g/mol. The molecule has 1 saturated heterocycles. The maximum absolute atomic E-state index is 11.1. The average Bonchev–Trinajstić information content (AvgIpc) is 2.73. The Hall–Kier alpha value is -0.830. The van der Waals surface area contributed by atoms with Crippen LogP contribution in [0.3, 0.4) is 0 Å². The van der Waals surface area contributed by atoms with Crippen molar-refractivity contribution in [2.45, 2.75) is 57.2 Å². The molecule has 0 spiro atoms. The van der Waals surface area contributed by atoms with Crippen LogP contribution in [0.15, 0.2) is 11.1 Å². The molecule has 2 heterocycles. The smallest absolute Gasteiger partial charge is 0.309 e. The summed E-state index contributed by atoms with van der Waals surface area (Å²) < 4.78 is 5.85. The standard InChI is InChI=1S/C13H18O3/c14-13(15)10-7-11-8-5-3-1-2-4-6-9(8)12(10)16-11/h10-12H,1-7H2,(H,14,15)/t10-,11-,12-/m0/s1. The molecule has 0 unspecified atom stereocenters. The van der Waals surface area contributed by atoms with E-state index in [1.165, 1.54) is 36.8 Å². The van der Waals surface area contributed by atoms with E-state index in [9.17, 15) is 4.79 Å². The molecule has 16 heavy (non-hydrogen) atoms. The van der Waals surface area contributed by atoms with E-state index < -0.39 is 5.97 Å². The number of fused-ring (bicyclic) bond motifs is 4. The van der Waals surface area contributed by atoms with Crippen LogP contribution < -0.4 is 0 Å². The maximum Gasteiger partial charge on any atom is 0.309 e. The number of hydrogen-bond acceptors (Lipinski definition) is 2. The Morgan fingerprint density at radius 3 is 2.50 bits per heavy atom. The van der Waals surface area contributed by atoms with E-state index in [0.717, 1.165) is 12.8 Å². The van der Waals surface area contributed by atoms with Crippen molar-refractivity contribution >= 4 is 5.97 Å². The van der Waals surface area contributed by atoms with Gasteiger partial charge in [-0.1, -0.05) is 12.8 Å². The van der Waals surface area contributed by atoms with Gasteiger partial charge in [-0.3, -0.25) is 4.79 Å². The van der Waals surface area contributed by atoms with E-state index >= 15 is 0 Å². The number of rotatable bonds is 1. The van der Waals surface area contributed by atoms with Crippen LogP contribution >= 0.6 is 0 Å². The first kappa shape index (κ1) is 10.3. The fourth-order valence-corrected chi connectivity index (χ4v) is 3.46. The molecule has 3 rings (SSSR count). The lowest BCUT2D eigenvalue weighted by molar-refractivity contribution is -0.142. The molecule has 0 amide bonds. The summed E-state index contributed by atoms with van der Waals surface area (Å²) in [5, 5.41) is 9.15. The predicted octanol–water partition coefficient (Wildman–Crippen LogP) is 2.51. The van der Waals surface area contributed by atoms with Crippen LogP contribution in [0.4, 0.5) is 0 Å². The molecular formula is C13H18O3. The molecule has 3 heteroatoms. The number of carbonyl (C=O) groups is 1. The number of aliphatic carboxylic acids is 1. The van der Waals surface area contributed by atoms with E-state index in [0.29, 0.717) is 6.42 Å². The molecule has 0 aromatic carbocycles. The molecule has 3 atom stereocenters. The Bertz CT molecular complexity index is 345. The third-order valence-corrected chi connectivity index (χ3v) is 4.25. The predicted molar refractivity (Wildman–Crippen MR) is 59.1 cm³/mol.